The van der Waals surface area contributed by atoms with Crippen molar-refractivity contribution >= 4 is 12.7 Å². The Balaban J connectivity index is 0.00000148. The van der Waals surface area contributed by atoms with Gasteiger partial charge in [-0.2, -0.15) is 13.2 Å². The molecule has 1 N–H and O–H groups in total. The number of halogens is 3. The molecule has 1 heterocycles. The Morgan fingerprint density at radius 1 is 1.00 bits per heavy atom. The summed E-state index contributed by atoms with van der Waals surface area (Å²) >= 11 is 0. The zero-order valence-corrected chi connectivity index (χ0v) is 24.6. The lowest BCUT2D eigenvalue weighted by molar-refractivity contribution is -0.137. The maximum atomic E-state index is 12.9. The Morgan fingerprint density at radius 3 is 2.29 bits per heavy atom. The fourth-order valence-corrected chi connectivity index (χ4v) is 6.58. The molecule has 1 fully saturated rings. The molecule has 0 saturated heterocycles. The van der Waals surface area contributed by atoms with Crippen LogP contribution in [-0.2, 0) is 23.8 Å². The van der Waals surface area contributed by atoms with Crippen molar-refractivity contribution in [1.82, 2.24) is 0 Å². The second-order valence-corrected chi connectivity index (χ2v) is 11.8. The number of allylic oxidation sites excluding steroid dienone is 1. The number of hydrogen-bond acceptors (Lipinski definition) is 2. The lowest BCUT2D eigenvalue weighted by Crippen LogP contribution is -2.11. The molecule has 226 valence electrons. The molecule has 4 unspecified atom stereocenters. The molecule has 41 heavy (non-hydrogen) atoms. The van der Waals surface area contributed by atoms with Crippen LogP contribution >= 0.6 is 0 Å². The van der Waals surface area contributed by atoms with Gasteiger partial charge in [-0.1, -0.05) is 69.5 Å². The number of rotatable bonds is 11. The van der Waals surface area contributed by atoms with Gasteiger partial charge >= 0.3 is 6.18 Å². The Kier molecular flexibility index (Phi) is 13.1. The molecule has 1 saturated carbocycles. The van der Waals surface area contributed by atoms with Gasteiger partial charge in [0.15, 0.2) is 0 Å². The summed E-state index contributed by atoms with van der Waals surface area (Å²) in [6.45, 7) is 5.11. The molecule has 4 rings (SSSR count). The lowest BCUT2D eigenvalue weighted by Gasteiger charge is -2.23. The van der Waals surface area contributed by atoms with Crippen molar-refractivity contribution in [3.8, 4) is 0 Å². The first-order valence-electron chi connectivity index (χ1n) is 15.3. The minimum absolute atomic E-state index is 0. The van der Waals surface area contributed by atoms with Crippen molar-refractivity contribution < 1.29 is 24.5 Å². The van der Waals surface area contributed by atoms with E-state index in [9.17, 15) is 13.2 Å². The van der Waals surface area contributed by atoms with Gasteiger partial charge in [-0.15, -0.1) is 0 Å². The number of benzene rings is 2. The maximum absolute atomic E-state index is 12.9. The first kappa shape index (κ1) is 32.6. The Labute approximate surface area is 245 Å². The van der Waals surface area contributed by atoms with Crippen LogP contribution in [0.25, 0.3) is 0 Å². The summed E-state index contributed by atoms with van der Waals surface area (Å²) < 4.78 is 38.8. The van der Waals surface area contributed by atoms with Gasteiger partial charge in [-0.25, -0.2) is 0 Å². The molecule has 0 radical (unpaired) electrons. The largest absolute Gasteiger partial charge is 0.483 e. The molecular weight excluding hydrogens is 523 g/mol. The maximum Gasteiger partial charge on any atom is 0.416 e. The van der Waals surface area contributed by atoms with Gasteiger partial charge in [-0.05, 0) is 116 Å². The molecule has 0 amide bonds. The smallest absolute Gasteiger partial charge is 0.416 e. The molecule has 1 aliphatic heterocycles. The number of nitrogens with zero attached hydrogens (tertiary/aromatic N) is 1. The Hall–Kier alpha value is -2.89. The van der Waals surface area contributed by atoms with E-state index in [1.165, 1.54) is 80.2 Å². The van der Waals surface area contributed by atoms with Gasteiger partial charge < -0.3 is 5.11 Å². The van der Waals surface area contributed by atoms with Gasteiger partial charge in [0.25, 0.3) is 6.47 Å². The van der Waals surface area contributed by atoms with E-state index in [4.69, 9.17) is 9.90 Å². The summed E-state index contributed by atoms with van der Waals surface area (Å²) in [5.41, 5.74) is 4.86. The van der Waals surface area contributed by atoms with Gasteiger partial charge in [-0.3, -0.25) is 9.79 Å². The monoisotopic (exact) mass is 571 g/mol. The quantitative estimate of drug-likeness (QED) is 0.215. The van der Waals surface area contributed by atoms with Gasteiger partial charge in [0.2, 0.25) is 0 Å². The molecule has 0 spiro atoms. The van der Waals surface area contributed by atoms with Crippen LogP contribution in [0.5, 0.6) is 0 Å². The van der Waals surface area contributed by atoms with Crippen molar-refractivity contribution in [3.63, 3.8) is 0 Å². The summed E-state index contributed by atoms with van der Waals surface area (Å²) in [4.78, 5) is 12.7. The van der Waals surface area contributed by atoms with E-state index in [1.54, 1.807) is 12.1 Å². The summed E-state index contributed by atoms with van der Waals surface area (Å²) in [5.74, 6) is 2.22. The predicted molar refractivity (Wildman–Crippen MR) is 164 cm³/mol. The summed E-state index contributed by atoms with van der Waals surface area (Å²) in [7, 11) is 0. The van der Waals surface area contributed by atoms with Crippen LogP contribution in [0.3, 0.4) is 0 Å². The number of hydrogen-bond donors (Lipinski definition) is 1. The number of alkyl halides is 3. The zero-order valence-electron chi connectivity index (χ0n) is 24.6. The van der Waals surface area contributed by atoms with Crippen molar-refractivity contribution in [2.75, 3.05) is 6.54 Å². The molecule has 4 atom stereocenters. The highest BCUT2D eigenvalue weighted by Crippen LogP contribution is 2.38. The number of carbonyl (C=O) groups is 1. The Bertz CT molecular complexity index is 1110. The zero-order chi connectivity index (χ0) is 29.7. The SMILES string of the molecule is CCCC(CCCc1ccc(CC2CCCC(C(C)c3ccc(C(F)(F)F)cc3)CC2)cc1)C1=CC=NC1.O=CO.[HH]. The number of aryl methyl sites for hydroxylation is 1. The highest BCUT2D eigenvalue weighted by Gasteiger charge is 2.31. The van der Waals surface area contributed by atoms with Crippen LogP contribution in [0, 0.1) is 17.8 Å². The molecular formula is C35H48F3NO2. The van der Waals surface area contributed by atoms with Crippen molar-refractivity contribution in [3.05, 3.63) is 82.4 Å². The Morgan fingerprint density at radius 2 is 1.68 bits per heavy atom. The van der Waals surface area contributed by atoms with Gasteiger partial charge in [0, 0.05) is 7.64 Å². The normalized spacial score (nSPS) is 20.4. The van der Waals surface area contributed by atoms with E-state index < -0.39 is 11.7 Å². The van der Waals surface area contributed by atoms with Crippen LogP contribution in [0.1, 0.15) is 101 Å². The number of aliphatic imine (C=N–C) groups is 1. The van der Waals surface area contributed by atoms with Crippen molar-refractivity contribution in [2.24, 2.45) is 22.7 Å². The molecule has 1 aliphatic carbocycles. The van der Waals surface area contributed by atoms with Crippen LogP contribution in [0.2, 0.25) is 0 Å². The predicted octanol–water partition coefficient (Wildman–Crippen LogP) is 9.94. The summed E-state index contributed by atoms with van der Waals surface area (Å²) in [6, 6.07) is 15.2. The van der Waals surface area contributed by atoms with E-state index in [2.05, 4.69) is 49.2 Å². The van der Waals surface area contributed by atoms with E-state index in [-0.39, 0.29) is 7.90 Å². The van der Waals surface area contributed by atoms with Crippen LogP contribution < -0.4 is 0 Å². The van der Waals surface area contributed by atoms with Crippen LogP contribution in [0.4, 0.5) is 13.2 Å². The first-order chi connectivity index (χ1) is 19.7. The molecule has 0 bridgehead atoms. The highest BCUT2D eigenvalue weighted by atomic mass is 19.4. The lowest BCUT2D eigenvalue weighted by atomic mass is 9.82. The minimum Gasteiger partial charge on any atom is -0.483 e. The fourth-order valence-electron chi connectivity index (χ4n) is 6.58. The third kappa shape index (κ3) is 10.5. The number of carboxylic acid groups (broad SMARTS) is 1. The fraction of sp³-hybridized carbons (Fsp3) is 0.543. The topological polar surface area (TPSA) is 49.7 Å². The second-order valence-electron chi connectivity index (χ2n) is 11.8. The minimum atomic E-state index is -4.27. The summed E-state index contributed by atoms with van der Waals surface area (Å²) in [5, 5.41) is 6.89. The molecule has 3 nitrogen and oxygen atoms in total. The van der Waals surface area contributed by atoms with Crippen LogP contribution in [-0.4, -0.2) is 24.3 Å². The molecule has 2 aliphatic rings. The molecule has 6 heteroatoms. The standard InChI is InChI=1S/C34H44F3N.CH2O2.H2/c1-3-6-31(32-21-22-38-24-32)10-4-7-26-11-13-28(14-12-26)23-27-8-5-9-29(16-15-27)25(2)30-17-19-33(20-18-30)34(35,36)37;2-1-3;/h11-14,17-22,25,27,29,31H,3-10,15-16,23-24H2,1-2H3;1H,(H,2,3);1H. The molecule has 2 aromatic rings. The van der Waals surface area contributed by atoms with Crippen molar-refractivity contribution in [1.29, 1.82) is 0 Å². The highest BCUT2D eigenvalue weighted by molar-refractivity contribution is 5.75. The van der Waals surface area contributed by atoms with E-state index in [0.29, 0.717) is 23.7 Å². The first-order valence-corrected chi connectivity index (χ1v) is 15.3. The molecule has 0 aromatic heterocycles. The van der Waals surface area contributed by atoms with Gasteiger partial charge in [0.05, 0.1) is 12.1 Å². The average Bonchev–Trinajstić information content (AvgIpc) is 3.40. The third-order valence-electron chi connectivity index (χ3n) is 9.00. The summed E-state index contributed by atoms with van der Waals surface area (Å²) in [6.07, 6.45) is 13.1. The second kappa shape index (κ2) is 16.5. The average molecular weight is 572 g/mol. The van der Waals surface area contributed by atoms with Crippen molar-refractivity contribution in [2.45, 2.75) is 96.6 Å². The van der Waals surface area contributed by atoms with Crippen LogP contribution in [0.15, 0.2) is 65.2 Å². The van der Waals surface area contributed by atoms with E-state index in [0.717, 1.165) is 31.4 Å². The third-order valence-corrected chi connectivity index (χ3v) is 9.00. The van der Waals surface area contributed by atoms with E-state index >= 15 is 0 Å². The van der Waals surface area contributed by atoms with E-state index in [1.807, 2.05) is 6.21 Å². The van der Waals surface area contributed by atoms with Gasteiger partial charge in [0.1, 0.15) is 0 Å². The molecule has 2 aromatic carbocycles.